The molecule has 0 saturated carbocycles. The summed E-state index contributed by atoms with van der Waals surface area (Å²) in [5, 5.41) is 2.85. The topological polar surface area (TPSA) is 58.6 Å². The number of thioether (sulfide) groups is 1. The zero-order valence-electron chi connectivity index (χ0n) is 13.3. The van der Waals surface area contributed by atoms with Gasteiger partial charge in [-0.1, -0.05) is 30.3 Å². The maximum atomic E-state index is 12.3. The summed E-state index contributed by atoms with van der Waals surface area (Å²) >= 11 is 1.53. The SMILES string of the molecule is CSc1ccccc1C(=O)NCC1CN(c2ccccc2)C(=O)O1. The molecule has 1 atom stereocenters. The molecule has 0 aliphatic carbocycles. The van der Waals surface area contributed by atoms with Gasteiger partial charge in [-0.05, 0) is 30.5 Å². The van der Waals surface area contributed by atoms with Crippen LogP contribution in [-0.2, 0) is 4.74 Å². The molecule has 1 unspecified atom stereocenters. The summed E-state index contributed by atoms with van der Waals surface area (Å²) in [7, 11) is 0. The number of hydrogen-bond acceptors (Lipinski definition) is 4. The van der Waals surface area contributed by atoms with E-state index in [1.807, 2.05) is 54.8 Å². The number of para-hydroxylation sites is 1. The molecule has 2 aromatic carbocycles. The van der Waals surface area contributed by atoms with Crippen LogP contribution >= 0.6 is 11.8 Å². The highest BCUT2D eigenvalue weighted by Gasteiger charge is 2.32. The summed E-state index contributed by atoms with van der Waals surface area (Å²) in [6.07, 6.45) is 1.19. The number of cyclic esters (lactones) is 1. The molecule has 2 amide bonds. The van der Waals surface area contributed by atoms with Crippen molar-refractivity contribution in [3.05, 3.63) is 60.2 Å². The molecule has 124 valence electrons. The molecule has 1 heterocycles. The van der Waals surface area contributed by atoms with E-state index >= 15 is 0 Å². The number of benzene rings is 2. The molecule has 1 saturated heterocycles. The minimum atomic E-state index is -0.384. The molecule has 5 nitrogen and oxygen atoms in total. The standard InChI is InChI=1S/C18H18N2O3S/c1-24-16-10-6-5-9-15(16)17(21)19-11-14-12-20(18(22)23-14)13-7-3-2-4-8-13/h2-10,14H,11-12H2,1H3,(H,19,21). The van der Waals surface area contributed by atoms with E-state index in [9.17, 15) is 9.59 Å². The van der Waals surface area contributed by atoms with Crippen LogP contribution in [0.15, 0.2) is 59.5 Å². The van der Waals surface area contributed by atoms with Gasteiger partial charge in [0.25, 0.3) is 5.91 Å². The minimum Gasteiger partial charge on any atom is -0.442 e. The van der Waals surface area contributed by atoms with Gasteiger partial charge in [-0.25, -0.2) is 4.79 Å². The van der Waals surface area contributed by atoms with Gasteiger partial charge in [0, 0.05) is 10.6 Å². The van der Waals surface area contributed by atoms with E-state index in [1.54, 1.807) is 11.0 Å². The van der Waals surface area contributed by atoms with Crippen LogP contribution in [0.1, 0.15) is 10.4 Å². The van der Waals surface area contributed by atoms with Gasteiger partial charge in [0.2, 0.25) is 0 Å². The van der Waals surface area contributed by atoms with Gasteiger partial charge in [0.05, 0.1) is 18.7 Å². The molecule has 1 fully saturated rings. The van der Waals surface area contributed by atoms with E-state index < -0.39 is 0 Å². The second-order valence-corrected chi connectivity index (χ2v) is 6.21. The average molecular weight is 342 g/mol. The normalized spacial score (nSPS) is 16.8. The summed E-state index contributed by atoms with van der Waals surface area (Å²) in [5.74, 6) is -0.158. The first kappa shape index (κ1) is 16.4. The quantitative estimate of drug-likeness (QED) is 0.848. The molecule has 2 aromatic rings. The van der Waals surface area contributed by atoms with Crippen LogP contribution in [0.25, 0.3) is 0 Å². The highest BCUT2D eigenvalue weighted by atomic mass is 32.2. The molecule has 0 bridgehead atoms. The van der Waals surface area contributed by atoms with Crippen molar-refractivity contribution < 1.29 is 14.3 Å². The maximum Gasteiger partial charge on any atom is 0.414 e. The van der Waals surface area contributed by atoms with Crippen molar-refractivity contribution in [2.75, 3.05) is 24.2 Å². The average Bonchev–Trinajstić information content (AvgIpc) is 3.01. The number of carbonyl (C=O) groups excluding carboxylic acids is 2. The Morgan fingerprint density at radius 1 is 1.21 bits per heavy atom. The van der Waals surface area contributed by atoms with Crippen LogP contribution in [0.4, 0.5) is 10.5 Å². The zero-order valence-corrected chi connectivity index (χ0v) is 14.1. The first-order chi connectivity index (χ1) is 11.7. The number of hydrogen-bond donors (Lipinski definition) is 1. The van der Waals surface area contributed by atoms with Crippen molar-refractivity contribution in [1.29, 1.82) is 0 Å². The van der Waals surface area contributed by atoms with E-state index in [-0.39, 0.29) is 24.6 Å². The molecule has 24 heavy (non-hydrogen) atoms. The lowest BCUT2D eigenvalue weighted by Gasteiger charge is -2.13. The van der Waals surface area contributed by atoms with E-state index in [4.69, 9.17) is 4.74 Å². The lowest BCUT2D eigenvalue weighted by molar-refractivity contribution is 0.0913. The van der Waals surface area contributed by atoms with Gasteiger partial charge in [-0.2, -0.15) is 0 Å². The number of ether oxygens (including phenoxy) is 1. The molecular weight excluding hydrogens is 324 g/mol. The number of nitrogens with one attached hydrogen (secondary N) is 1. The molecule has 1 aliphatic heterocycles. The number of anilines is 1. The van der Waals surface area contributed by atoms with Crippen molar-refractivity contribution in [1.82, 2.24) is 5.32 Å². The Kier molecular flexibility index (Phi) is 5.05. The van der Waals surface area contributed by atoms with Gasteiger partial charge >= 0.3 is 6.09 Å². The van der Waals surface area contributed by atoms with Crippen LogP contribution in [-0.4, -0.2) is 37.4 Å². The van der Waals surface area contributed by atoms with Crippen LogP contribution in [0, 0.1) is 0 Å². The monoisotopic (exact) mass is 342 g/mol. The highest BCUT2D eigenvalue weighted by Crippen LogP contribution is 2.22. The van der Waals surface area contributed by atoms with Gasteiger partial charge in [0.1, 0.15) is 6.10 Å². The Labute approximate surface area is 145 Å². The molecule has 0 aromatic heterocycles. The predicted molar refractivity (Wildman–Crippen MR) is 94.6 cm³/mol. The lowest BCUT2D eigenvalue weighted by Crippen LogP contribution is -2.34. The molecule has 3 rings (SSSR count). The van der Waals surface area contributed by atoms with E-state index in [2.05, 4.69) is 5.32 Å². The number of carbonyl (C=O) groups is 2. The number of rotatable bonds is 5. The van der Waals surface area contributed by atoms with E-state index in [1.165, 1.54) is 11.8 Å². The summed E-state index contributed by atoms with van der Waals surface area (Å²) in [6.45, 7) is 0.712. The fourth-order valence-corrected chi connectivity index (χ4v) is 3.18. The smallest absolute Gasteiger partial charge is 0.414 e. The van der Waals surface area contributed by atoms with Crippen molar-refractivity contribution in [2.24, 2.45) is 0 Å². The Morgan fingerprint density at radius 2 is 1.92 bits per heavy atom. The first-order valence-electron chi connectivity index (χ1n) is 7.63. The van der Waals surface area contributed by atoms with Crippen molar-refractivity contribution >= 4 is 29.4 Å². The zero-order chi connectivity index (χ0) is 16.9. The first-order valence-corrected chi connectivity index (χ1v) is 8.86. The van der Waals surface area contributed by atoms with Crippen LogP contribution in [0.3, 0.4) is 0 Å². The maximum absolute atomic E-state index is 12.3. The Balaban J connectivity index is 1.60. The second-order valence-electron chi connectivity index (χ2n) is 5.36. The summed E-state index contributed by atoms with van der Waals surface area (Å²) < 4.78 is 5.34. The second kappa shape index (κ2) is 7.40. The molecule has 1 aliphatic rings. The van der Waals surface area contributed by atoms with Crippen LogP contribution in [0.5, 0.6) is 0 Å². The van der Waals surface area contributed by atoms with Gasteiger partial charge in [-0.15, -0.1) is 11.8 Å². The Morgan fingerprint density at radius 3 is 2.67 bits per heavy atom. The molecule has 0 radical (unpaired) electrons. The summed E-state index contributed by atoms with van der Waals surface area (Å²) in [6, 6.07) is 16.8. The summed E-state index contributed by atoms with van der Waals surface area (Å²) in [4.78, 5) is 26.8. The van der Waals surface area contributed by atoms with Crippen molar-refractivity contribution in [2.45, 2.75) is 11.0 Å². The van der Waals surface area contributed by atoms with Crippen LogP contribution < -0.4 is 10.2 Å². The molecule has 0 spiro atoms. The fourth-order valence-electron chi connectivity index (χ4n) is 2.58. The third-order valence-electron chi connectivity index (χ3n) is 3.78. The fraction of sp³-hybridized carbons (Fsp3) is 0.222. The highest BCUT2D eigenvalue weighted by molar-refractivity contribution is 7.98. The molecule has 6 heteroatoms. The number of amides is 2. The Bertz CT molecular complexity index is 736. The lowest BCUT2D eigenvalue weighted by atomic mass is 10.2. The predicted octanol–water partition coefficient (Wildman–Crippen LogP) is 3.16. The Hall–Kier alpha value is -2.47. The van der Waals surface area contributed by atoms with Gasteiger partial charge in [-0.3, -0.25) is 9.69 Å². The minimum absolute atomic E-state index is 0.158. The largest absolute Gasteiger partial charge is 0.442 e. The third kappa shape index (κ3) is 3.54. The van der Waals surface area contributed by atoms with E-state index in [0.29, 0.717) is 12.1 Å². The van der Waals surface area contributed by atoms with Gasteiger partial charge < -0.3 is 10.1 Å². The molecule has 1 N–H and O–H groups in total. The van der Waals surface area contributed by atoms with E-state index in [0.717, 1.165) is 10.6 Å². The van der Waals surface area contributed by atoms with Crippen molar-refractivity contribution in [3.8, 4) is 0 Å². The number of nitrogens with zero attached hydrogens (tertiary/aromatic N) is 1. The molecular formula is C18H18N2O3S. The van der Waals surface area contributed by atoms with Crippen molar-refractivity contribution in [3.63, 3.8) is 0 Å². The summed E-state index contributed by atoms with van der Waals surface area (Å²) in [5.41, 5.74) is 1.43. The van der Waals surface area contributed by atoms with Crippen LogP contribution in [0.2, 0.25) is 0 Å². The van der Waals surface area contributed by atoms with Gasteiger partial charge in [0.15, 0.2) is 0 Å². The third-order valence-corrected chi connectivity index (χ3v) is 4.58.